The van der Waals surface area contributed by atoms with Crippen molar-refractivity contribution in [2.75, 3.05) is 11.9 Å². The molecule has 0 spiro atoms. The molecule has 2 aliphatic rings. The number of anilines is 1. The van der Waals surface area contributed by atoms with Crippen LogP contribution >= 0.6 is 11.6 Å². The zero-order valence-corrected chi connectivity index (χ0v) is 12.0. The molecule has 0 amide bonds. The van der Waals surface area contributed by atoms with Crippen LogP contribution in [0.25, 0.3) is 10.9 Å². The summed E-state index contributed by atoms with van der Waals surface area (Å²) < 4.78 is 0. The number of benzene rings is 1. The van der Waals surface area contributed by atoms with E-state index in [1.54, 1.807) is 0 Å². The molecule has 4 rings (SSSR count). The lowest BCUT2D eigenvalue weighted by Crippen LogP contribution is -2.18. The van der Waals surface area contributed by atoms with Gasteiger partial charge in [0.2, 0.25) is 0 Å². The maximum absolute atomic E-state index is 6.20. The van der Waals surface area contributed by atoms with E-state index >= 15 is 0 Å². The number of hydrogen-bond acceptors (Lipinski definition) is 2. The summed E-state index contributed by atoms with van der Waals surface area (Å²) in [4.78, 5) is 4.48. The summed E-state index contributed by atoms with van der Waals surface area (Å²) in [5.41, 5.74) is 2.07. The number of aromatic nitrogens is 1. The Kier molecular flexibility index (Phi) is 2.92. The highest BCUT2D eigenvalue weighted by Crippen LogP contribution is 2.43. The predicted molar refractivity (Wildman–Crippen MR) is 84.1 cm³/mol. The molecule has 0 saturated heterocycles. The Morgan fingerprint density at radius 1 is 1.25 bits per heavy atom. The largest absolute Gasteiger partial charge is 0.383 e. The third-order valence-corrected chi connectivity index (χ3v) is 4.86. The summed E-state index contributed by atoms with van der Waals surface area (Å²) in [5.74, 6) is 2.34. The Hall–Kier alpha value is -1.54. The summed E-state index contributed by atoms with van der Waals surface area (Å²) in [6, 6.07) is 7.96. The van der Waals surface area contributed by atoms with Gasteiger partial charge < -0.3 is 5.32 Å². The van der Waals surface area contributed by atoms with Gasteiger partial charge in [0.05, 0.1) is 11.2 Å². The predicted octanol–water partition coefficient (Wildman–Crippen LogP) is 4.51. The average Bonchev–Trinajstić information content (AvgIpc) is 3.07. The molecule has 1 saturated carbocycles. The maximum atomic E-state index is 6.20. The molecule has 102 valence electrons. The van der Waals surface area contributed by atoms with Gasteiger partial charge in [0.25, 0.3) is 0 Å². The Morgan fingerprint density at radius 3 is 3.00 bits per heavy atom. The molecule has 1 N–H and O–H groups in total. The molecule has 20 heavy (non-hydrogen) atoms. The van der Waals surface area contributed by atoms with Crippen molar-refractivity contribution in [2.45, 2.75) is 12.8 Å². The fraction of sp³-hybridized carbons (Fsp3) is 0.353. The first-order valence-corrected chi connectivity index (χ1v) is 7.64. The number of allylic oxidation sites excluding steroid dienone is 2. The van der Waals surface area contributed by atoms with E-state index in [0.29, 0.717) is 0 Å². The summed E-state index contributed by atoms with van der Waals surface area (Å²) in [6.45, 7) is 1.01. The van der Waals surface area contributed by atoms with Crippen LogP contribution in [-0.4, -0.2) is 11.5 Å². The van der Waals surface area contributed by atoms with E-state index < -0.39 is 0 Å². The SMILES string of the molecule is Clc1cc(NCC2CC3C=CC2C3)c2ncccc2c1. The molecule has 2 nitrogen and oxygen atoms in total. The Balaban J connectivity index is 1.58. The second-order valence-corrected chi connectivity index (χ2v) is 6.39. The normalized spacial score (nSPS) is 27.4. The Morgan fingerprint density at radius 2 is 2.20 bits per heavy atom. The Labute approximate surface area is 123 Å². The van der Waals surface area contributed by atoms with Crippen molar-refractivity contribution in [3.05, 3.63) is 47.6 Å². The summed E-state index contributed by atoms with van der Waals surface area (Å²) in [6.07, 6.45) is 9.29. The van der Waals surface area contributed by atoms with E-state index in [2.05, 4.69) is 28.5 Å². The van der Waals surface area contributed by atoms with Crippen molar-refractivity contribution < 1.29 is 0 Å². The van der Waals surface area contributed by atoms with Crippen LogP contribution in [0.2, 0.25) is 5.02 Å². The maximum Gasteiger partial charge on any atom is 0.0934 e. The van der Waals surface area contributed by atoms with Gasteiger partial charge in [0.15, 0.2) is 0 Å². The first-order chi connectivity index (χ1) is 9.79. The van der Waals surface area contributed by atoms with Gasteiger partial charge >= 0.3 is 0 Å². The second kappa shape index (κ2) is 4.78. The van der Waals surface area contributed by atoms with Crippen molar-refractivity contribution in [3.63, 3.8) is 0 Å². The van der Waals surface area contributed by atoms with Crippen molar-refractivity contribution in [1.82, 2.24) is 4.98 Å². The lowest BCUT2D eigenvalue weighted by molar-refractivity contribution is 0.472. The molecule has 3 atom stereocenters. The van der Waals surface area contributed by atoms with Crippen molar-refractivity contribution >= 4 is 28.2 Å². The van der Waals surface area contributed by atoms with Gasteiger partial charge in [-0.15, -0.1) is 0 Å². The highest BCUT2D eigenvalue weighted by Gasteiger charge is 2.35. The lowest BCUT2D eigenvalue weighted by atomic mass is 9.93. The van der Waals surface area contributed by atoms with Crippen LogP contribution in [0.5, 0.6) is 0 Å². The first-order valence-electron chi connectivity index (χ1n) is 7.26. The number of hydrogen-bond donors (Lipinski definition) is 1. The smallest absolute Gasteiger partial charge is 0.0934 e. The first kappa shape index (κ1) is 12.2. The molecule has 1 aromatic carbocycles. The molecule has 2 aromatic rings. The number of fused-ring (bicyclic) bond motifs is 3. The van der Waals surface area contributed by atoms with E-state index in [-0.39, 0.29) is 0 Å². The monoisotopic (exact) mass is 284 g/mol. The lowest BCUT2D eigenvalue weighted by Gasteiger charge is -2.19. The number of nitrogens with one attached hydrogen (secondary N) is 1. The van der Waals surface area contributed by atoms with Gasteiger partial charge in [0.1, 0.15) is 0 Å². The van der Waals surface area contributed by atoms with Crippen LogP contribution < -0.4 is 5.32 Å². The zero-order chi connectivity index (χ0) is 13.5. The fourth-order valence-electron chi connectivity index (χ4n) is 3.66. The van der Waals surface area contributed by atoms with E-state index in [1.165, 1.54) is 12.8 Å². The van der Waals surface area contributed by atoms with Crippen LogP contribution in [0.1, 0.15) is 12.8 Å². The third kappa shape index (κ3) is 2.08. The van der Waals surface area contributed by atoms with Crippen LogP contribution in [0.15, 0.2) is 42.6 Å². The van der Waals surface area contributed by atoms with Gasteiger partial charge in [0, 0.05) is 23.2 Å². The van der Waals surface area contributed by atoms with Crippen LogP contribution in [-0.2, 0) is 0 Å². The molecular formula is C17H17ClN2. The minimum atomic E-state index is 0.753. The molecule has 2 aliphatic carbocycles. The quantitative estimate of drug-likeness (QED) is 0.839. The van der Waals surface area contributed by atoms with Gasteiger partial charge in [-0.3, -0.25) is 4.98 Å². The summed E-state index contributed by atoms with van der Waals surface area (Å²) >= 11 is 6.20. The number of halogens is 1. The van der Waals surface area contributed by atoms with E-state index in [1.807, 2.05) is 24.4 Å². The third-order valence-electron chi connectivity index (χ3n) is 4.64. The van der Waals surface area contributed by atoms with E-state index in [4.69, 9.17) is 11.6 Å². The van der Waals surface area contributed by atoms with Gasteiger partial charge in [-0.2, -0.15) is 0 Å². The fourth-order valence-corrected chi connectivity index (χ4v) is 3.89. The molecule has 1 heterocycles. The van der Waals surface area contributed by atoms with Gasteiger partial charge in [-0.1, -0.05) is 29.8 Å². The zero-order valence-electron chi connectivity index (χ0n) is 11.2. The molecule has 1 aromatic heterocycles. The minimum Gasteiger partial charge on any atom is -0.383 e. The molecule has 2 bridgehead atoms. The molecule has 3 heteroatoms. The molecule has 3 unspecified atom stereocenters. The summed E-state index contributed by atoms with van der Waals surface area (Å²) in [7, 11) is 0. The average molecular weight is 285 g/mol. The van der Waals surface area contributed by atoms with Crippen LogP contribution in [0.4, 0.5) is 5.69 Å². The van der Waals surface area contributed by atoms with E-state index in [9.17, 15) is 0 Å². The van der Waals surface area contributed by atoms with E-state index in [0.717, 1.165) is 45.9 Å². The Bertz CT molecular complexity index is 680. The number of nitrogens with zero attached hydrogens (tertiary/aromatic N) is 1. The van der Waals surface area contributed by atoms with Crippen molar-refractivity contribution in [3.8, 4) is 0 Å². The van der Waals surface area contributed by atoms with Crippen molar-refractivity contribution in [1.29, 1.82) is 0 Å². The number of rotatable bonds is 3. The molecule has 0 radical (unpaired) electrons. The number of pyridine rings is 1. The molecular weight excluding hydrogens is 268 g/mol. The van der Waals surface area contributed by atoms with Crippen LogP contribution in [0, 0.1) is 17.8 Å². The minimum absolute atomic E-state index is 0.753. The molecule has 0 aliphatic heterocycles. The van der Waals surface area contributed by atoms with Gasteiger partial charge in [-0.05, 0) is 48.8 Å². The summed E-state index contributed by atoms with van der Waals surface area (Å²) in [5, 5.41) is 5.43. The van der Waals surface area contributed by atoms with Crippen LogP contribution in [0.3, 0.4) is 0 Å². The second-order valence-electron chi connectivity index (χ2n) is 5.95. The topological polar surface area (TPSA) is 24.9 Å². The molecule has 1 fully saturated rings. The highest BCUT2D eigenvalue weighted by atomic mass is 35.5. The highest BCUT2D eigenvalue weighted by molar-refractivity contribution is 6.31. The standard InChI is InChI=1S/C17H17ClN2/c18-15-8-13-2-1-5-19-17(13)16(9-15)20-10-14-7-11-3-4-12(14)6-11/h1-5,8-9,11-12,14,20H,6-7,10H2. The van der Waals surface area contributed by atoms with Gasteiger partial charge in [-0.25, -0.2) is 0 Å². The van der Waals surface area contributed by atoms with Crippen molar-refractivity contribution in [2.24, 2.45) is 17.8 Å².